The first-order valence-electron chi connectivity index (χ1n) is 6.23. The first kappa shape index (κ1) is 12.1. The molecule has 2 rings (SSSR count). The van der Waals surface area contributed by atoms with Gasteiger partial charge >= 0.3 is 0 Å². The van der Waals surface area contributed by atoms with E-state index in [4.69, 9.17) is 10.5 Å². The lowest BCUT2D eigenvalue weighted by Crippen LogP contribution is -2.23. The summed E-state index contributed by atoms with van der Waals surface area (Å²) in [6, 6.07) is 0. The van der Waals surface area contributed by atoms with Crippen molar-refractivity contribution < 1.29 is 4.74 Å². The highest BCUT2D eigenvalue weighted by Crippen LogP contribution is 2.22. The van der Waals surface area contributed by atoms with E-state index in [0.717, 1.165) is 38.3 Å². The summed E-state index contributed by atoms with van der Waals surface area (Å²) in [5.74, 6) is 2.09. The van der Waals surface area contributed by atoms with E-state index in [9.17, 15) is 0 Å². The van der Waals surface area contributed by atoms with Gasteiger partial charge in [-0.25, -0.2) is 0 Å². The molecule has 2 heterocycles. The third kappa shape index (κ3) is 3.06. The quantitative estimate of drug-likeness (QED) is 0.828. The van der Waals surface area contributed by atoms with Gasteiger partial charge in [-0.15, -0.1) is 0 Å². The molecular weight excluding hydrogens is 216 g/mol. The molecule has 1 fully saturated rings. The van der Waals surface area contributed by atoms with E-state index in [2.05, 4.69) is 21.8 Å². The summed E-state index contributed by atoms with van der Waals surface area (Å²) in [5.41, 5.74) is 5.68. The van der Waals surface area contributed by atoms with Gasteiger partial charge in [-0.2, -0.15) is 4.98 Å². The molecule has 94 valence electrons. The molecule has 5 heteroatoms. The van der Waals surface area contributed by atoms with E-state index in [0.29, 0.717) is 18.4 Å². The zero-order valence-electron chi connectivity index (χ0n) is 10.3. The van der Waals surface area contributed by atoms with Crippen molar-refractivity contribution in [3.63, 3.8) is 0 Å². The van der Waals surface area contributed by atoms with Crippen LogP contribution in [0.4, 0.5) is 5.82 Å². The van der Waals surface area contributed by atoms with E-state index in [-0.39, 0.29) is 0 Å². The summed E-state index contributed by atoms with van der Waals surface area (Å²) in [4.78, 5) is 10.9. The Labute approximate surface area is 102 Å². The van der Waals surface area contributed by atoms with Gasteiger partial charge in [-0.3, -0.25) is 4.98 Å². The average Bonchev–Trinajstić information content (AvgIpc) is 2.85. The Kier molecular flexibility index (Phi) is 4.14. The van der Waals surface area contributed by atoms with Crippen LogP contribution in [-0.2, 0) is 0 Å². The van der Waals surface area contributed by atoms with Crippen LogP contribution in [0.3, 0.4) is 0 Å². The molecule has 0 bridgehead atoms. The molecule has 1 aromatic rings. The van der Waals surface area contributed by atoms with Gasteiger partial charge in [0.1, 0.15) is 0 Å². The highest BCUT2D eigenvalue weighted by Gasteiger charge is 2.22. The molecule has 1 saturated heterocycles. The fourth-order valence-electron chi connectivity index (χ4n) is 2.00. The van der Waals surface area contributed by atoms with Crippen molar-refractivity contribution in [3.05, 3.63) is 12.4 Å². The molecule has 5 nitrogen and oxygen atoms in total. The van der Waals surface area contributed by atoms with E-state index in [1.54, 1.807) is 12.4 Å². The van der Waals surface area contributed by atoms with Crippen molar-refractivity contribution in [2.45, 2.75) is 19.8 Å². The summed E-state index contributed by atoms with van der Waals surface area (Å²) < 4.78 is 5.48. The molecule has 17 heavy (non-hydrogen) atoms. The summed E-state index contributed by atoms with van der Waals surface area (Å²) in [6.07, 6.45) is 5.57. The maximum Gasteiger partial charge on any atom is 0.234 e. The third-order valence-corrected chi connectivity index (χ3v) is 3.00. The van der Waals surface area contributed by atoms with Crippen molar-refractivity contribution in [2.24, 2.45) is 11.7 Å². The predicted molar refractivity (Wildman–Crippen MR) is 67.2 cm³/mol. The molecule has 1 aliphatic heterocycles. The van der Waals surface area contributed by atoms with Crippen LogP contribution in [0.1, 0.15) is 19.8 Å². The Morgan fingerprint density at radius 2 is 2.41 bits per heavy atom. The van der Waals surface area contributed by atoms with Crippen molar-refractivity contribution in [1.29, 1.82) is 0 Å². The van der Waals surface area contributed by atoms with Crippen molar-refractivity contribution >= 4 is 5.82 Å². The van der Waals surface area contributed by atoms with Crippen LogP contribution < -0.4 is 15.4 Å². The zero-order chi connectivity index (χ0) is 12.1. The minimum absolute atomic E-state index is 0.581. The maximum absolute atomic E-state index is 5.68. The molecule has 0 spiro atoms. The molecule has 2 N–H and O–H groups in total. The Morgan fingerprint density at radius 1 is 1.53 bits per heavy atom. The number of anilines is 1. The van der Waals surface area contributed by atoms with Crippen LogP contribution in [0.25, 0.3) is 0 Å². The van der Waals surface area contributed by atoms with E-state index in [1.165, 1.54) is 0 Å². The van der Waals surface area contributed by atoms with Crippen molar-refractivity contribution in [1.82, 2.24) is 9.97 Å². The Morgan fingerprint density at radius 3 is 3.12 bits per heavy atom. The molecule has 0 aliphatic carbocycles. The van der Waals surface area contributed by atoms with Gasteiger partial charge in [-0.1, -0.05) is 6.92 Å². The Balaban J connectivity index is 2.01. The number of ether oxygens (including phenoxy) is 1. The second-order valence-electron chi connectivity index (χ2n) is 4.40. The van der Waals surface area contributed by atoms with Gasteiger partial charge in [0.25, 0.3) is 0 Å². The molecule has 0 aromatic carbocycles. The van der Waals surface area contributed by atoms with Gasteiger partial charge in [0.15, 0.2) is 5.82 Å². The van der Waals surface area contributed by atoms with Gasteiger partial charge in [0.05, 0.1) is 19.0 Å². The Bertz CT molecular complexity index is 358. The largest absolute Gasteiger partial charge is 0.477 e. The molecule has 1 aliphatic rings. The Hall–Kier alpha value is -1.36. The molecule has 1 unspecified atom stereocenters. The van der Waals surface area contributed by atoms with Crippen LogP contribution in [0.15, 0.2) is 12.4 Å². The first-order chi connectivity index (χ1) is 8.33. The minimum Gasteiger partial charge on any atom is -0.477 e. The summed E-state index contributed by atoms with van der Waals surface area (Å²) in [6.45, 7) is 5.49. The lowest BCUT2D eigenvalue weighted by molar-refractivity contribution is 0.304. The van der Waals surface area contributed by atoms with E-state index >= 15 is 0 Å². The van der Waals surface area contributed by atoms with Crippen LogP contribution in [0.2, 0.25) is 0 Å². The zero-order valence-corrected chi connectivity index (χ0v) is 10.3. The second kappa shape index (κ2) is 5.82. The van der Waals surface area contributed by atoms with E-state index in [1.807, 2.05) is 0 Å². The molecular formula is C12H20N4O. The molecule has 1 aromatic heterocycles. The summed E-state index contributed by atoms with van der Waals surface area (Å²) in [5, 5.41) is 0. The normalized spacial score (nSPS) is 19.6. The lowest BCUT2D eigenvalue weighted by Gasteiger charge is -2.17. The first-order valence-corrected chi connectivity index (χ1v) is 6.23. The predicted octanol–water partition coefficient (Wildman–Crippen LogP) is 1.05. The minimum atomic E-state index is 0.581. The maximum atomic E-state index is 5.68. The number of aromatic nitrogens is 2. The second-order valence-corrected chi connectivity index (χ2v) is 4.40. The lowest BCUT2D eigenvalue weighted by atomic mass is 10.1. The molecule has 0 radical (unpaired) electrons. The fraction of sp³-hybridized carbons (Fsp3) is 0.667. The van der Waals surface area contributed by atoms with Gasteiger partial charge in [0, 0.05) is 13.1 Å². The number of nitrogens with two attached hydrogens (primary N) is 1. The third-order valence-electron chi connectivity index (χ3n) is 3.00. The number of hydrogen-bond donors (Lipinski definition) is 1. The molecule has 0 saturated carbocycles. The summed E-state index contributed by atoms with van der Waals surface area (Å²) in [7, 11) is 0. The van der Waals surface area contributed by atoms with Crippen molar-refractivity contribution in [3.8, 4) is 5.88 Å². The van der Waals surface area contributed by atoms with Crippen LogP contribution in [0, 0.1) is 5.92 Å². The van der Waals surface area contributed by atoms with Crippen LogP contribution >= 0.6 is 0 Å². The van der Waals surface area contributed by atoms with Crippen molar-refractivity contribution in [2.75, 3.05) is 31.1 Å². The highest BCUT2D eigenvalue weighted by atomic mass is 16.5. The van der Waals surface area contributed by atoms with Gasteiger partial charge in [-0.05, 0) is 25.3 Å². The fourth-order valence-corrected chi connectivity index (χ4v) is 2.00. The topological polar surface area (TPSA) is 64.3 Å². The standard InChI is InChI=1S/C12H20N4O/c1-2-5-17-12-8-14-7-11(15-12)16-4-3-10(6-13)9-16/h7-8,10H,2-6,9,13H2,1H3. The van der Waals surface area contributed by atoms with Gasteiger partial charge in [0.2, 0.25) is 5.88 Å². The molecule has 1 atom stereocenters. The number of nitrogens with zero attached hydrogens (tertiary/aromatic N) is 3. The SMILES string of the molecule is CCCOc1cncc(N2CCC(CN)C2)n1. The van der Waals surface area contributed by atoms with E-state index < -0.39 is 0 Å². The van der Waals surface area contributed by atoms with Crippen LogP contribution in [0.5, 0.6) is 5.88 Å². The summed E-state index contributed by atoms with van der Waals surface area (Å²) >= 11 is 0. The van der Waals surface area contributed by atoms with Gasteiger partial charge < -0.3 is 15.4 Å². The van der Waals surface area contributed by atoms with Crippen LogP contribution in [-0.4, -0.2) is 36.2 Å². The smallest absolute Gasteiger partial charge is 0.234 e. The molecule has 0 amide bonds. The number of rotatable bonds is 5. The average molecular weight is 236 g/mol. The number of hydrogen-bond acceptors (Lipinski definition) is 5. The monoisotopic (exact) mass is 236 g/mol. The highest BCUT2D eigenvalue weighted by molar-refractivity contribution is 5.38.